The van der Waals surface area contributed by atoms with Crippen molar-refractivity contribution in [2.75, 3.05) is 11.1 Å². The first-order valence-corrected chi connectivity index (χ1v) is 6.70. The Hall–Kier alpha value is -1.70. The predicted molar refractivity (Wildman–Crippen MR) is 82.7 cm³/mol. The van der Waals surface area contributed by atoms with Gasteiger partial charge >= 0.3 is 0 Å². The lowest BCUT2D eigenvalue weighted by atomic mass is 10.1. The van der Waals surface area contributed by atoms with Crippen molar-refractivity contribution in [3.63, 3.8) is 0 Å². The highest BCUT2D eigenvalue weighted by Crippen LogP contribution is 2.32. The Morgan fingerprint density at radius 1 is 1.26 bits per heavy atom. The Kier molecular flexibility index (Phi) is 3.98. The number of anilines is 3. The molecular formula is C14H11BrClN3. The Labute approximate surface area is 125 Å². The quantitative estimate of drug-likeness (QED) is 0.787. The van der Waals surface area contributed by atoms with E-state index in [4.69, 9.17) is 22.6 Å². The molecule has 0 saturated heterocycles. The minimum absolute atomic E-state index is 0.489. The number of benzene rings is 2. The molecule has 0 fully saturated rings. The number of hydrogen-bond acceptors (Lipinski definition) is 3. The third-order valence-corrected chi connectivity index (χ3v) is 3.75. The molecule has 0 aliphatic heterocycles. The van der Waals surface area contributed by atoms with E-state index in [1.54, 1.807) is 18.2 Å². The van der Waals surface area contributed by atoms with Crippen molar-refractivity contribution in [1.82, 2.24) is 0 Å². The normalized spacial score (nSPS) is 10.0. The summed E-state index contributed by atoms with van der Waals surface area (Å²) in [7, 11) is 0. The summed E-state index contributed by atoms with van der Waals surface area (Å²) in [5, 5.41) is 12.9. The number of rotatable bonds is 2. The highest BCUT2D eigenvalue weighted by molar-refractivity contribution is 9.10. The summed E-state index contributed by atoms with van der Waals surface area (Å²) in [6.45, 7) is 1.93. The Morgan fingerprint density at radius 3 is 2.68 bits per heavy atom. The van der Waals surface area contributed by atoms with Crippen molar-refractivity contribution >= 4 is 44.6 Å². The second-order valence-electron chi connectivity index (χ2n) is 4.12. The predicted octanol–water partition coefficient (Wildman–Crippen LogP) is 4.61. The van der Waals surface area contributed by atoms with Gasteiger partial charge in [0.2, 0.25) is 0 Å². The number of nitrogens with two attached hydrogens (primary N) is 1. The maximum atomic E-state index is 9.11. The molecule has 5 heteroatoms. The van der Waals surface area contributed by atoms with Gasteiger partial charge in [0, 0.05) is 15.2 Å². The van der Waals surface area contributed by atoms with Crippen molar-refractivity contribution in [3.8, 4) is 6.07 Å². The number of nitrogens with one attached hydrogen (secondary N) is 1. The lowest BCUT2D eigenvalue weighted by Gasteiger charge is -2.12. The maximum absolute atomic E-state index is 9.11. The molecule has 3 N–H and O–H groups in total. The smallest absolute Gasteiger partial charge is 0.101 e. The van der Waals surface area contributed by atoms with Crippen LogP contribution in [-0.2, 0) is 0 Å². The minimum atomic E-state index is 0.489. The van der Waals surface area contributed by atoms with E-state index in [1.807, 2.05) is 19.1 Å². The fourth-order valence-electron chi connectivity index (χ4n) is 1.65. The van der Waals surface area contributed by atoms with Crippen molar-refractivity contribution in [3.05, 3.63) is 51.0 Å². The van der Waals surface area contributed by atoms with Crippen LogP contribution in [0.15, 0.2) is 34.8 Å². The lowest BCUT2D eigenvalue weighted by Crippen LogP contribution is -1.96. The van der Waals surface area contributed by atoms with Crippen LogP contribution in [-0.4, -0.2) is 0 Å². The van der Waals surface area contributed by atoms with E-state index in [2.05, 4.69) is 27.3 Å². The molecule has 0 unspecified atom stereocenters. The molecule has 2 rings (SSSR count). The third-order valence-electron chi connectivity index (χ3n) is 2.68. The van der Waals surface area contributed by atoms with Crippen LogP contribution in [0.5, 0.6) is 0 Å². The SMILES string of the molecule is Cc1cc(Br)c(Nc2ccc(N)cc2C#N)cc1Cl. The van der Waals surface area contributed by atoms with Crippen molar-refractivity contribution < 1.29 is 0 Å². The van der Waals surface area contributed by atoms with E-state index in [9.17, 15) is 0 Å². The molecule has 0 aliphatic carbocycles. The van der Waals surface area contributed by atoms with Crippen LogP contribution in [0.25, 0.3) is 0 Å². The zero-order valence-corrected chi connectivity index (χ0v) is 12.5. The maximum Gasteiger partial charge on any atom is 0.101 e. The van der Waals surface area contributed by atoms with Gasteiger partial charge in [-0.2, -0.15) is 5.26 Å². The fraction of sp³-hybridized carbons (Fsp3) is 0.0714. The van der Waals surface area contributed by atoms with Gasteiger partial charge in [0.1, 0.15) is 6.07 Å². The molecule has 19 heavy (non-hydrogen) atoms. The number of nitrogen functional groups attached to an aromatic ring is 1. The molecule has 0 saturated carbocycles. The van der Waals surface area contributed by atoms with Gasteiger partial charge < -0.3 is 11.1 Å². The van der Waals surface area contributed by atoms with Crippen molar-refractivity contribution in [2.45, 2.75) is 6.92 Å². The van der Waals surface area contributed by atoms with E-state index in [0.29, 0.717) is 22.0 Å². The van der Waals surface area contributed by atoms with E-state index in [1.165, 1.54) is 0 Å². The van der Waals surface area contributed by atoms with E-state index >= 15 is 0 Å². The Bertz CT molecular complexity index is 677. The number of hydrogen-bond donors (Lipinski definition) is 2. The van der Waals surface area contributed by atoms with Gasteiger partial charge in [0.05, 0.1) is 16.9 Å². The molecule has 0 atom stereocenters. The number of nitrogens with zero attached hydrogens (tertiary/aromatic N) is 1. The number of halogens is 2. The van der Waals surface area contributed by atoms with Crippen LogP contribution in [0, 0.1) is 18.3 Å². The molecule has 3 nitrogen and oxygen atoms in total. The molecule has 0 bridgehead atoms. The zero-order valence-electron chi connectivity index (χ0n) is 10.2. The lowest BCUT2D eigenvalue weighted by molar-refractivity contribution is 1.42. The largest absolute Gasteiger partial charge is 0.399 e. The molecule has 2 aromatic carbocycles. The monoisotopic (exact) mass is 335 g/mol. The van der Waals surface area contributed by atoms with Gasteiger partial charge in [0.25, 0.3) is 0 Å². The van der Waals surface area contributed by atoms with Gasteiger partial charge in [-0.1, -0.05) is 11.6 Å². The average Bonchev–Trinajstić information content (AvgIpc) is 2.37. The first kappa shape index (κ1) is 13.7. The standard InChI is InChI=1S/C14H11BrClN3/c1-8-4-11(15)14(6-12(8)16)19-13-3-2-10(18)5-9(13)7-17/h2-6,19H,18H2,1H3. The summed E-state index contributed by atoms with van der Waals surface area (Å²) < 4.78 is 0.884. The highest BCUT2D eigenvalue weighted by Gasteiger charge is 2.07. The third kappa shape index (κ3) is 3.01. The molecular weight excluding hydrogens is 326 g/mol. The summed E-state index contributed by atoms with van der Waals surface area (Å²) in [5.74, 6) is 0. The van der Waals surface area contributed by atoms with Gasteiger partial charge in [-0.05, 0) is 58.7 Å². The van der Waals surface area contributed by atoms with Crippen LogP contribution in [0.3, 0.4) is 0 Å². The number of aryl methyl sites for hydroxylation is 1. The summed E-state index contributed by atoms with van der Waals surface area (Å²) >= 11 is 9.58. The van der Waals surface area contributed by atoms with Gasteiger partial charge in [-0.25, -0.2) is 0 Å². The van der Waals surface area contributed by atoms with Crippen molar-refractivity contribution in [2.24, 2.45) is 0 Å². The fourth-order valence-corrected chi connectivity index (χ4v) is 2.37. The second kappa shape index (κ2) is 5.52. The molecule has 0 radical (unpaired) electrons. The topological polar surface area (TPSA) is 61.8 Å². The van der Waals surface area contributed by atoms with Crippen LogP contribution in [0.1, 0.15) is 11.1 Å². The summed E-state index contributed by atoms with van der Waals surface area (Å²) in [4.78, 5) is 0. The number of nitriles is 1. The molecule has 0 heterocycles. The minimum Gasteiger partial charge on any atom is -0.399 e. The Morgan fingerprint density at radius 2 is 2.00 bits per heavy atom. The average molecular weight is 337 g/mol. The van der Waals surface area contributed by atoms with Crippen LogP contribution < -0.4 is 11.1 Å². The molecule has 0 aliphatic rings. The molecule has 96 valence electrons. The van der Waals surface area contributed by atoms with E-state index in [-0.39, 0.29) is 0 Å². The summed E-state index contributed by atoms with van der Waals surface area (Å²) in [6.07, 6.45) is 0. The first-order valence-electron chi connectivity index (χ1n) is 5.53. The van der Waals surface area contributed by atoms with E-state index < -0.39 is 0 Å². The first-order chi connectivity index (χ1) is 9.01. The Balaban J connectivity index is 2.42. The van der Waals surface area contributed by atoms with Crippen LogP contribution >= 0.6 is 27.5 Å². The molecule has 2 aromatic rings. The van der Waals surface area contributed by atoms with Gasteiger partial charge in [-0.15, -0.1) is 0 Å². The summed E-state index contributed by atoms with van der Waals surface area (Å²) in [5.41, 5.74) is 9.19. The van der Waals surface area contributed by atoms with Gasteiger partial charge in [0.15, 0.2) is 0 Å². The van der Waals surface area contributed by atoms with Crippen LogP contribution in [0.4, 0.5) is 17.1 Å². The van der Waals surface area contributed by atoms with Gasteiger partial charge in [-0.3, -0.25) is 0 Å². The zero-order chi connectivity index (χ0) is 14.0. The molecule has 0 amide bonds. The van der Waals surface area contributed by atoms with E-state index in [0.717, 1.165) is 15.7 Å². The second-order valence-corrected chi connectivity index (χ2v) is 5.38. The molecule has 0 aromatic heterocycles. The molecule has 0 spiro atoms. The highest BCUT2D eigenvalue weighted by atomic mass is 79.9. The van der Waals surface area contributed by atoms with Crippen LogP contribution in [0.2, 0.25) is 5.02 Å². The van der Waals surface area contributed by atoms with Crippen molar-refractivity contribution in [1.29, 1.82) is 5.26 Å². The summed E-state index contributed by atoms with van der Waals surface area (Å²) in [6, 6.07) is 11.0.